The zero-order chi connectivity index (χ0) is 17.0. The summed E-state index contributed by atoms with van der Waals surface area (Å²) in [6, 6.07) is 8.23. The van der Waals surface area contributed by atoms with Crippen molar-refractivity contribution in [1.29, 1.82) is 0 Å². The Bertz CT molecular complexity index is 574. The lowest BCUT2D eigenvalue weighted by atomic mass is 9.64. The highest BCUT2D eigenvalue weighted by Crippen LogP contribution is 2.44. The molecule has 3 rings (SSSR count). The van der Waals surface area contributed by atoms with E-state index in [0.717, 1.165) is 68.5 Å². The predicted molar refractivity (Wildman–Crippen MR) is 99.1 cm³/mol. The van der Waals surface area contributed by atoms with Gasteiger partial charge in [-0.2, -0.15) is 0 Å². The molecule has 24 heavy (non-hydrogen) atoms. The van der Waals surface area contributed by atoms with Crippen LogP contribution in [-0.4, -0.2) is 50.7 Å². The lowest BCUT2D eigenvalue weighted by molar-refractivity contribution is -0.130. The van der Waals surface area contributed by atoms with Gasteiger partial charge < -0.3 is 15.0 Å². The molecule has 1 aliphatic carbocycles. The van der Waals surface area contributed by atoms with E-state index in [9.17, 15) is 4.79 Å². The molecule has 0 radical (unpaired) electrons. The third-order valence-electron chi connectivity index (χ3n) is 5.55. The SMILES string of the molecule is COCCN1CCC(CNC(=O)C2(c3cccc(Br)c3)CCC2)C1. The van der Waals surface area contributed by atoms with Gasteiger partial charge in [0.1, 0.15) is 0 Å². The number of ether oxygens (including phenoxy) is 1. The van der Waals surface area contributed by atoms with Crippen LogP contribution in [-0.2, 0) is 14.9 Å². The Labute approximate surface area is 153 Å². The van der Waals surface area contributed by atoms with Crippen molar-refractivity contribution in [2.75, 3.05) is 39.9 Å². The molecule has 0 spiro atoms. The van der Waals surface area contributed by atoms with E-state index in [-0.39, 0.29) is 11.3 Å². The number of hydrogen-bond acceptors (Lipinski definition) is 3. The van der Waals surface area contributed by atoms with Crippen LogP contribution in [0.4, 0.5) is 0 Å². The van der Waals surface area contributed by atoms with Crippen molar-refractivity contribution in [3.63, 3.8) is 0 Å². The van der Waals surface area contributed by atoms with Gasteiger partial charge in [-0.15, -0.1) is 0 Å². The summed E-state index contributed by atoms with van der Waals surface area (Å²) >= 11 is 3.53. The number of carbonyl (C=O) groups is 1. The maximum absolute atomic E-state index is 12.9. The number of nitrogens with zero attached hydrogens (tertiary/aromatic N) is 1. The van der Waals surface area contributed by atoms with Gasteiger partial charge in [0.15, 0.2) is 0 Å². The van der Waals surface area contributed by atoms with Crippen LogP contribution in [0, 0.1) is 5.92 Å². The van der Waals surface area contributed by atoms with Crippen molar-refractivity contribution < 1.29 is 9.53 Å². The number of hydrogen-bond donors (Lipinski definition) is 1. The van der Waals surface area contributed by atoms with Crippen LogP contribution in [0.3, 0.4) is 0 Å². The fourth-order valence-corrected chi connectivity index (χ4v) is 4.27. The van der Waals surface area contributed by atoms with Gasteiger partial charge in [-0.3, -0.25) is 4.79 Å². The van der Waals surface area contributed by atoms with Crippen LogP contribution < -0.4 is 5.32 Å². The Kier molecular flexibility index (Phi) is 5.95. The van der Waals surface area contributed by atoms with Crippen molar-refractivity contribution in [3.8, 4) is 0 Å². The molecule has 1 amide bonds. The van der Waals surface area contributed by atoms with Crippen molar-refractivity contribution in [2.24, 2.45) is 5.92 Å². The minimum atomic E-state index is -0.307. The van der Waals surface area contributed by atoms with E-state index in [4.69, 9.17) is 4.74 Å². The molecular weight excluding hydrogens is 368 g/mol. The summed E-state index contributed by atoms with van der Waals surface area (Å²) < 4.78 is 6.19. The molecule has 5 heteroatoms. The lowest BCUT2D eigenvalue weighted by Gasteiger charge is -2.41. The Morgan fingerprint density at radius 3 is 2.96 bits per heavy atom. The summed E-state index contributed by atoms with van der Waals surface area (Å²) in [4.78, 5) is 15.3. The molecule has 132 valence electrons. The summed E-state index contributed by atoms with van der Waals surface area (Å²) in [6.07, 6.45) is 4.21. The van der Waals surface area contributed by atoms with Gasteiger partial charge in [-0.25, -0.2) is 0 Å². The van der Waals surface area contributed by atoms with Gasteiger partial charge in [0.05, 0.1) is 12.0 Å². The van der Waals surface area contributed by atoms with Crippen LogP contribution in [0.25, 0.3) is 0 Å². The molecule has 1 N–H and O–H groups in total. The topological polar surface area (TPSA) is 41.6 Å². The lowest BCUT2D eigenvalue weighted by Crippen LogP contribution is -2.50. The highest BCUT2D eigenvalue weighted by atomic mass is 79.9. The quantitative estimate of drug-likeness (QED) is 0.772. The van der Waals surface area contributed by atoms with Crippen LogP contribution in [0.1, 0.15) is 31.2 Å². The minimum absolute atomic E-state index is 0.210. The molecule has 0 aromatic heterocycles. The molecular formula is C19H27BrN2O2. The van der Waals surface area contributed by atoms with E-state index in [0.29, 0.717) is 5.92 Å². The van der Waals surface area contributed by atoms with Gasteiger partial charge >= 0.3 is 0 Å². The highest BCUT2D eigenvalue weighted by molar-refractivity contribution is 9.10. The Morgan fingerprint density at radius 2 is 2.29 bits per heavy atom. The van der Waals surface area contributed by atoms with Crippen molar-refractivity contribution in [1.82, 2.24) is 10.2 Å². The Hall–Kier alpha value is -0.910. The van der Waals surface area contributed by atoms with Gasteiger partial charge in [0.2, 0.25) is 5.91 Å². The summed E-state index contributed by atoms with van der Waals surface area (Å²) in [5.74, 6) is 0.771. The number of carbonyl (C=O) groups excluding carboxylic acids is 1. The molecule has 1 aromatic rings. The number of amides is 1. The number of likely N-dealkylation sites (tertiary alicyclic amines) is 1. The van der Waals surface area contributed by atoms with Crippen molar-refractivity contribution >= 4 is 21.8 Å². The molecule has 2 fully saturated rings. The second-order valence-electron chi connectivity index (χ2n) is 7.10. The second kappa shape index (κ2) is 7.98. The fourth-order valence-electron chi connectivity index (χ4n) is 3.87. The molecule has 2 aliphatic rings. The summed E-state index contributed by atoms with van der Waals surface area (Å²) in [5.41, 5.74) is 0.840. The van der Waals surface area contributed by atoms with Crippen LogP contribution in [0.5, 0.6) is 0 Å². The van der Waals surface area contributed by atoms with E-state index < -0.39 is 0 Å². The van der Waals surface area contributed by atoms with E-state index in [1.165, 1.54) is 0 Å². The summed E-state index contributed by atoms with van der Waals surface area (Å²) in [7, 11) is 1.74. The maximum atomic E-state index is 12.9. The Balaban J connectivity index is 1.55. The minimum Gasteiger partial charge on any atom is -0.383 e. The monoisotopic (exact) mass is 394 g/mol. The molecule has 1 aliphatic heterocycles. The second-order valence-corrected chi connectivity index (χ2v) is 8.02. The first-order chi connectivity index (χ1) is 11.6. The summed E-state index contributed by atoms with van der Waals surface area (Å²) in [5, 5.41) is 3.25. The van der Waals surface area contributed by atoms with Crippen molar-refractivity contribution in [2.45, 2.75) is 31.1 Å². The largest absolute Gasteiger partial charge is 0.383 e. The van der Waals surface area contributed by atoms with E-state index in [2.05, 4.69) is 38.3 Å². The molecule has 1 aromatic carbocycles. The molecule has 1 heterocycles. The van der Waals surface area contributed by atoms with Crippen LogP contribution in [0.2, 0.25) is 0 Å². The fraction of sp³-hybridized carbons (Fsp3) is 0.632. The number of methoxy groups -OCH3 is 1. The van der Waals surface area contributed by atoms with E-state index in [1.807, 2.05) is 12.1 Å². The predicted octanol–water partition coefficient (Wildman–Crippen LogP) is 2.96. The molecule has 1 unspecified atom stereocenters. The average molecular weight is 395 g/mol. The standard InChI is InChI=1S/C19H27BrN2O2/c1-24-11-10-22-9-6-15(14-22)13-21-18(23)19(7-3-8-19)16-4-2-5-17(20)12-16/h2,4-5,12,15H,3,6-11,13-14H2,1H3,(H,21,23). The first kappa shape index (κ1) is 17.9. The number of nitrogens with one attached hydrogen (secondary N) is 1. The molecule has 1 saturated heterocycles. The van der Waals surface area contributed by atoms with Gasteiger partial charge in [0, 0.05) is 31.2 Å². The summed E-state index contributed by atoms with van der Waals surface area (Å²) in [6.45, 7) is 4.74. The first-order valence-corrected chi connectivity index (χ1v) is 9.69. The number of benzene rings is 1. The van der Waals surface area contributed by atoms with E-state index >= 15 is 0 Å². The zero-order valence-electron chi connectivity index (χ0n) is 14.4. The van der Waals surface area contributed by atoms with Gasteiger partial charge in [-0.05, 0) is 49.4 Å². The zero-order valence-corrected chi connectivity index (χ0v) is 16.0. The molecule has 4 nitrogen and oxygen atoms in total. The highest BCUT2D eigenvalue weighted by Gasteiger charge is 2.45. The van der Waals surface area contributed by atoms with Gasteiger partial charge in [-0.1, -0.05) is 34.5 Å². The Morgan fingerprint density at radius 1 is 1.46 bits per heavy atom. The smallest absolute Gasteiger partial charge is 0.230 e. The molecule has 1 atom stereocenters. The number of rotatable bonds is 7. The maximum Gasteiger partial charge on any atom is 0.230 e. The third-order valence-corrected chi connectivity index (χ3v) is 6.05. The average Bonchev–Trinajstić information content (AvgIpc) is 2.98. The molecule has 0 bridgehead atoms. The third kappa shape index (κ3) is 3.84. The molecule has 1 saturated carbocycles. The van der Waals surface area contributed by atoms with Crippen LogP contribution >= 0.6 is 15.9 Å². The van der Waals surface area contributed by atoms with E-state index in [1.54, 1.807) is 7.11 Å². The van der Waals surface area contributed by atoms with Crippen LogP contribution in [0.15, 0.2) is 28.7 Å². The van der Waals surface area contributed by atoms with Gasteiger partial charge in [0.25, 0.3) is 0 Å². The normalized spacial score (nSPS) is 23.0. The first-order valence-electron chi connectivity index (χ1n) is 8.90. The van der Waals surface area contributed by atoms with Crippen molar-refractivity contribution in [3.05, 3.63) is 34.3 Å². The number of halogens is 1.